The summed E-state index contributed by atoms with van der Waals surface area (Å²) in [6.45, 7) is 3.97. The molecule has 2 aromatic rings. The molecule has 0 radical (unpaired) electrons. The van der Waals surface area contributed by atoms with Gasteiger partial charge in [-0.2, -0.15) is 0 Å². The number of hydrogen-bond donors (Lipinski definition) is 1. The molecule has 2 N–H and O–H groups in total. The van der Waals surface area contributed by atoms with Gasteiger partial charge in [0.1, 0.15) is 5.75 Å². The summed E-state index contributed by atoms with van der Waals surface area (Å²) in [6, 6.07) is 8.97. The largest absolute Gasteiger partial charge is 0.493 e. The van der Waals surface area contributed by atoms with E-state index in [1.807, 2.05) is 18.2 Å². The van der Waals surface area contributed by atoms with Crippen molar-refractivity contribution in [2.45, 2.75) is 25.2 Å². The molecule has 0 amide bonds. The minimum absolute atomic E-state index is 0.136. The Balaban J connectivity index is 2.09. The molecule has 0 fully saturated rings. The first-order valence-corrected chi connectivity index (χ1v) is 8.09. The molecule has 6 heteroatoms. The highest BCUT2D eigenvalue weighted by Gasteiger charge is 2.14. The van der Waals surface area contributed by atoms with Crippen molar-refractivity contribution in [3.8, 4) is 5.75 Å². The lowest BCUT2D eigenvalue weighted by Crippen LogP contribution is -2.14. The van der Waals surface area contributed by atoms with Crippen LogP contribution in [0.3, 0.4) is 0 Å². The summed E-state index contributed by atoms with van der Waals surface area (Å²) in [5.41, 5.74) is 2.27. The van der Waals surface area contributed by atoms with Gasteiger partial charge in [-0.3, -0.25) is 4.98 Å². The van der Waals surface area contributed by atoms with Crippen LogP contribution in [-0.4, -0.2) is 20.0 Å². The second-order valence-corrected chi connectivity index (χ2v) is 6.38. The number of benzene rings is 1. The van der Waals surface area contributed by atoms with E-state index in [-0.39, 0.29) is 4.90 Å². The Morgan fingerprint density at radius 3 is 2.57 bits per heavy atom. The van der Waals surface area contributed by atoms with E-state index in [0.717, 1.165) is 11.3 Å². The summed E-state index contributed by atoms with van der Waals surface area (Å²) in [5, 5.41) is 5.18. The van der Waals surface area contributed by atoms with E-state index < -0.39 is 10.0 Å². The fourth-order valence-corrected chi connectivity index (χ4v) is 2.89. The SMILES string of the molecule is Cc1cc(S(N)(=O)=O)c(C)cc1OCCc1ccccn1. The van der Waals surface area contributed by atoms with E-state index in [2.05, 4.69) is 4.98 Å². The number of aryl methyl sites for hydroxylation is 2. The lowest BCUT2D eigenvalue weighted by molar-refractivity contribution is 0.318. The highest BCUT2D eigenvalue weighted by Crippen LogP contribution is 2.25. The smallest absolute Gasteiger partial charge is 0.238 e. The third-order valence-corrected chi connectivity index (χ3v) is 4.17. The maximum absolute atomic E-state index is 11.4. The molecule has 5 nitrogen and oxygen atoms in total. The van der Waals surface area contributed by atoms with Crippen molar-refractivity contribution in [2.24, 2.45) is 5.14 Å². The van der Waals surface area contributed by atoms with Gasteiger partial charge >= 0.3 is 0 Å². The van der Waals surface area contributed by atoms with Gasteiger partial charge in [0.05, 0.1) is 11.5 Å². The lowest BCUT2D eigenvalue weighted by atomic mass is 10.1. The second kappa shape index (κ2) is 6.24. The molecule has 2 rings (SSSR count). The van der Waals surface area contributed by atoms with Crippen molar-refractivity contribution in [3.63, 3.8) is 0 Å². The van der Waals surface area contributed by atoms with Gasteiger partial charge in [-0.15, -0.1) is 0 Å². The van der Waals surface area contributed by atoms with Gasteiger partial charge in [0.25, 0.3) is 0 Å². The summed E-state index contributed by atoms with van der Waals surface area (Å²) in [4.78, 5) is 4.36. The molecule has 0 aliphatic rings. The molecule has 0 unspecified atom stereocenters. The van der Waals surface area contributed by atoms with Gasteiger partial charge in [0.2, 0.25) is 10.0 Å². The van der Waals surface area contributed by atoms with E-state index in [1.165, 1.54) is 0 Å². The molecule has 112 valence electrons. The first-order chi connectivity index (χ1) is 9.88. The first-order valence-electron chi connectivity index (χ1n) is 6.54. The quantitative estimate of drug-likeness (QED) is 0.915. The fourth-order valence-electron chi connectivity index (χ4n) is 2.04. The Hall–Kier alpha value is -1.92. The zero-order valence-corrected chi connectivity index (χ0v) is 12.9. The van der Waals surface area contributed by atoms with Crippen LogP contribution in [0.1, 0.15) is 16.8 Å². The van der Waals surface area contributed by atoms with Crippen molar-refractivity contribution >= 4 is 10.0 Å². The predicted octanol–water partition coefficient (Wildman–Crippen LogP) is 1.97. The molecule has 0 atom stereocenters. The summed E-state index contributed by atoms with van der Waals surface area (Å²) < 4.78 is 28.6. The Morgan fingerprint density at radius 2 is 1.95 bits per heavy atom. The van der Waals surface area contributed by atoms with Crippen molar-refractivity contribution in [3.05, 3.63) is 53.3 Å². The monoisotopic (exact) mass is 306 g/mol. The number of primary sulfonamides is 1. The van der Waals surface area contributed by atoms with E-state index in [9.17, 15) is 8.42 Å². The fraction of sp³-hybridized carbons (Fsp3) is 0.267. The molecule has 0 saturated heterocycles. The third-order valence-electron chi connectivity index (χ3n) is 3.12. The van der Waals surface area contributed by atoms with Crippen LogP contribution in [0.2, 0.25) is 0 Å². The maximum Gasteiger partial charge on any atom is 0.238 e. The minimum atomic E-state index is -3.70. The Kier molecular flexibility index (Phi) is 4.59. The van der Waals surface area contributed by atoms with E-state index in [1.54, 1.807) is 32.2 Å². The van der Waals surface area contributed by atoms with Gasteiger partial charge in [0, 0.05) is 18.3 Å². The topological polar surface area (TPSA) is 82.3 Å². The number of aromatic nitrogens is 1. The molecule has 0 spiro atoms. The predicted molar refractivity (Wildman–Crippen MR) is 80.7 cm³/mol. The number of hydrogen-bond acceptors (Lipinski definition) is 4. The molecule has 0 saturated carbocycles. The van der Waals surface area contributed by atoms with Gasteiger partial charge < -0.3 is 4.74 Å². The number of nitrogens with zero attached hydrogens (tertiary/aromatic N) is 1. The van der Waals surface area contributed by atoms with Crippen LogP contribution >= 0.6 is 0 Å². The first kappa shape index (κ1) is 15.5. The molecule has 1 heterocycles. The van der Waals surface area contributed by atoms with Crippen molar-refractivity contribution in [1.29, 1.82) is 0 Å². The number of sulfonamides is 1. The van der Waals surface area contributed by atoms with E-state index in [4.69, 9.17) is 9.88 Å². The molecular formula is C15H18N2O3S. The van der Waals surface area contributed by atoms with Crippen molar-refractivity contribution in [1.82, 2.24) is 4.98 Å². The molecule has 0 bridgehead atoms. The summed E-state index contributed by atoms with van der Waals surface area (Å²) in [5.74, 6) is 0.663. The van der Waals surface area contributed by atoms with Crippen LogP contribution in [-0.2, 0) is 16.4 Å². The van der Waals surface area contributed by atoms with Gasteiger partial charge in [-0.1, -0.05) is 6.07 Å². The minimum Gasteiger partial charge on any atom is -0.493 e. The van der Waals surface area contributed by atoms with Gasteiger partial charge in [-0.25, -0.2) is 13.6 Å². The molecule has 1 aromatic carbocycles. The molecule has 0 aliphatic heterocycles. The van der Waals surface area contributed by atoms with Crippen LogP contribution in [0.25, 0.3) is 0 Å². The standard InChI is InChI=1S/C15H18N2O3S/c1-11-10-15(21(16,18)19)12(2)9-14(11)20-8-6-13-5-3-4-7-17-13/h3-5,7,9-10H,6,8H2,1-2H3,(H2,16,18,19). The van der Waals surface area contributed by atoms with Crippen LogP contribution in [0, 0.1) is 13.8 Å². The highest BCUT2D eigenvalue weighted by molar-refractivity contribution is 7.89. The van der Waals surface area contributed by atoms with Gasteiger partial charge in [-0.05, 0) is 49.2 Å². The van der Waals surface area contributed by atoms with Gasteiger partial charge in [0.15, 0.2) is 0 Å². The zero-order valence-electron chi connectivity index (χ0n) is 12.0. The molecule has 0 aliphatic carbocycles. The number of ether oxygens (including phenoxy) is 1. The number of pyridine rings is 1. The Bertz CT molecular complexity index is 728. The summed E-state index contributed by atoms with van der Waals surface area (Å²) >= 11 is 0. The lowest BCUT2D eigenvalue weighted by Gasteiger charge is -2.12. The molecule has 1 aromatic heterocycles. The summed E-state index contributed by atoms with van der Waals surface area (Å²) in [7, 11) is -3.70. The molecular weight excluding hydrogens is 288 g/mol. The number of nitrogens with two attached hydrogens (primary N) is 1. The van der Waals surface area contributed by atoms with E-state index in [0.29, 0.717) is 24.3 Å². The van der Waals surface area contributed by atoms with Crippen molar-refractivity contribution in [2.75, 3.05) is 6.61 Å². The van der Waals surface area contributed by atoms with Crippen LogP contribution in [0.4, 0.5) is 0 Å². The van der Waals surface area contributed by atoms with Crippen LogP contribution < -0.4 is 9.88 Å². The van der Waals surface area contributed by atoms with Crippen LogP contribution in [0.5, 0.6) is 5.75 Å². The van der Waals surface area contributed by atoms with E-state index >= 15 is 0 Å². The average Bonchev–Trinajstić information content (AvgIpc) is 2.42. The third kappa shape index (κ3) is 4.03. The normalized spacial score (nSPS) is 11.4. The highest BCUT2D eigenvalue weighted by atomic mass is 32.2. The summed E-state index contributed by atoms with van der Waals surface area (Å²) in [6.07, 6.45) is 2.43. The molecule has 21 heavy (non-hydrogen) atoms. The zero-order chi connectivity index (χ0) is 15.5. The van der Waals surface area contributed by atoms with Crippen molar-refractivity contribution < 1.29 is 13.2 Å². The van der Waals surface area contributed by atoms with Crippen LogP contribution in [0.15, 0.2) is 41.4 Å². The Labute approximate surface area is 124 Å². The maximum atomic E-state index is 11.4. The number of rotatable bonds is 5. The average molecular weight is 306 g/mol. The Morgan fingerprint density at radius 1 is 1.19 bits per heavy atom. The second-order valence-electron chi connectivity index (χ2n) is 4.85.